The molecule has 1 aliphatic heterocycles. The van der Waals surface area contributed by atoms with Crippen molar-refractivity contribution >= 4 is 19.4 Å². The van der Waals surface area contributed by atoms with Crippen molar-refractivity contribution < 1.29 is 34.2 Å². The molecule has 10 nitrogen and oxygen atoms in total. The molecule has 1 heterocycles. The van der Waals surface area contributed by atoms with Crippen molar-refractivity contribution in [1.82, 2.24) is 10.2 Å². The summed E-state index contributed by atoms with van der Waals surface area (Å²) < 4.78 is 12.0. The predicted molar refractivity (Wildman–Crippen MR) is 102 cm³/mol. The average Bonchev–Trinajstić information content (AvgIpc) is 2.67. The Bertz CT molecular complexity index is 958. The van der Waals surface area contributed by atoms with Gasteiger partial charge < -0.3 is 36.0 Å². The Labute approximate surface area is 165 Å². The molecule has 0 unspecified atom stereocenters. The smallest absolute Gasteiger partial charge is 0.352 e. The van der Waals surface area contributed by atoms with Crippen molar-refractivity contribution in [2.45, 2.75) is 17.9 Å². The van der Waals surface area contributed by atoms with Crippen molar-refractivity contribution in [2.75, 3.05) is 6.54 Å². The minimum atomic E-state index is -4.74. The summed E-state index contributed by atoms with van der Waals surface area (Å²) in [7, 11) is -4.74. The fraction of sp³-hybridized carbons (Fsp3) is 0.222. The molecule has 0 radical (unpaired) electrons. The Morgan fingerprint density at radius 3 is 1.97 bits per heavy atom. The van der Waals surface area contributed by atoms with Gasteiger partial charge in [0.05, 0.1) is 6.54 Å². The molecule has 1 fully saturated rings. The minimum absolute atomic E-state index is 0.0175. The summed E-state index contributed by atoms with van der Waals surface area (Å²) in [5.74, 6) is -2.87. The number of hydrogen-bond acceptors (Lipinski definition) is 6. The first-order valence-electron chi connectivity index (χ1n) is 8.57. The number of rotatable bonds is 6. The molecule has 1 saturated heterocycles. The second-order valence-corrected chi connectivity index (χ2v) is 8.34. The van der Waals surface area contributed by atoms with Crippen LogP contribution in [0.5, 0.6) is 11.5 Å². The highest BCUT2D eigenvalue weighted by atomic mass is 31.2. The second kappa shape index (κ2) is 7.84. The van der Waals surface area contributed by atoms with Crippen LogP contribution in [-0.4, -0.2) is 49.3 Å². The molecular weight excluding hydrogens is 401 g/mol. The highest BCUT2D eigenvalue weighted by Crippen LogP contribution is 2.55. The van der Waals surface area contributed by atoms with Gasteiger partial charge in [0.15, 0.2) is 5.78 Å². The van der Waals surface area contributed by atoms with Crippen LogP contribution in [0.4, 0.5) is 0 Å². The SMILES string of the molecule is N[C@@H](C(=O)N[C@H]1CN([C@H](c2ccc(O)cc2)P(=O)(O)O)C1=O)c1ccc(O)cc1. The summed E-state index contributed by atoms with van der Waals surface area (Å²) in [6.07, 6.45) is 0. The van der Waals surface area contributed by atoms with Gasteiger partial charge in [-0.1, -0.05) is 24.3 Å². The number of hydrogen-bond donors (Lipinski definition) is 6. The zero-order valence-electron chi connectivity index (χ0n) is 15.0. The summed E-state index contributed by atoms with van der Waals surface area (Å²) in [5.41, 5.74) is 6.46. The maximum atomic E-state index is 12.5. The third kappa shape index (κ3) is 4.41. The molecule has 2 aromatic rings. The fourth-order valence-corrected chi connectivity index (χ4v) is 4.21. The molecular formula is C18H20N3O7P. The molecule has 29 heavy (non-hydrogen) atoms. The molecule has 11 heteroatoms. The number of nitrogens with zero attached hydrogens (tertiary/aromatic N) is 1. The first kappa shape index (κ1) is 20.8. The quantitative estimate of drug-likeness (QED) is 0.285. The minimum Gasteiger partial charge on any atom is -0.508 e. The van der Waals surface area contributed by atoms with Crippen LogP contribution < -0.4 is 11.1 Å². The Balaban J connectivity index is 1.69. The molecule has 0 aromatic heterocycles. The van der Waals surface area contributed by atoms with Crippen LogP contribution in [0, 0.1) is 0 Å². The van der Waals surface area contributed by atoms with Gasteiger partial charge in [0.2, 0.25) is 11.8 Å². The second-order valence-electron chi connectivity index (χ2n) is 6.68. The molecule has 1 aliphatic rings. The van der Waals surface area contributed by atoms with E-state index in [1.54, 1.807) is 0 Å². The Morgan fingerprint density at radius 1 is 1.03 bits per heavy atom. The predicted octanol–water partition coefficient (Wildman–Crippen LogP) is 0.301. The molecule has 0 spiro atoms. The van der Waals surface area contributed by atoms with E-state index in [1.807, 2.05) is 0 Å². The number of nitrogens with one attached hydrogen (secondary N) is 1. The van der Waals surface area contributed by atoms with Gasteiger partial charge in [-0.05, 0) is 35.4 Å². The van der Waals surface area contributed by atoms with Crippen molar-refractivity contribution in [3.05, 3.63) is 59.7 Å². The van der Waals surface area contributed by atoms with Gasteiger partial charge in [-0.15, -0.1) is 0 Å². The van der Waals surface area contributed by atoms with E-state index in [1.165, 1.54) is 48.5 Å². The summed E-state index contributed by atoms with van der Waals surface area (Å²) in [6.45, 7) is -0.108. The standard InChI is InChI=1S/C18H20N3O7P/c19-15(10-1-5-12(22)6-2-10)16(24)20-14-9-21(17(14)25)18(29(26,27)28)11-3-7-13(23)8-4-11/h1-8,14-15,18,22-23H,9,19H2,(H,20,24)(H2,26,27,28)/t14-,15+,18-/m0/s1. The molecule has 0 aliphatic carbocycles. The maximum absolute atomic E-state index is 12.5. The molecule has 3 atom stereocenters. The molecule has 2 aromatic carbocycles. The molecule has 2 amide bonds. The first-order chi connectivity index (χ1) is 13.6. The van der Waals surface area contributed by atoms with E-state index in [-0.39, 0.29) is 23.6 Å². The van der Waals surface area contributed by atoms with Crippen LogP contribution in [0.15, 0.2) is 48.5 Å². The number of benzene rings is 2. The number of aromatic hydroxyl groups is 2. The molecule has 3 rings (SSSR count). The number of carbonyl (C=O) groups excluding carboxylic acids is 2. The largest absolute Gasteiger partial charge is 0.508 e. The first-order valence-corrected chi connectivity index (χ1v) is 10.3. The zero-order chi connectivity index (χ0) is 21.3. The highest BCUT2D eigenvalue weighted by molar-refractivity contribution is 7.52. The van der Waals surface area contributed by atoms with Gasteiger partial charge in [0.25, 0.3) is 0 Å². The van der Waals surface area contributed by atoms with E-state index in [4.69, 9.17) is 5.73 Å². The fourth-order valence-electron chi connectivity index (χ4n) is 3.08. The van der Waals surface area contributed by atoms with Gasteiger partial charge >= 0.3 is 7.60 Å². The van der Waals surface area contributed by atoms with Gasteiger partial charge in [0, 0.05) is 0 Å². The van der Waals surface area contributed by atoms with Crippen molar-refractivity contribution in [3.63, 3.8) is 0 Å². The van der Waals surface area contributed by atoms with Crippen LogP contribution in [-0.2, 0) is 14.2 Å². The van der Waals surface area contributed by atoms with Gasteiger partial charge in [0.1, 0.15) is 23.6 Å². The van der Waals surface area contributed by atoms with E-state index in [0.29, 0.717) is 5.56 Å². The lowest BCUT2D eigenvalue weighted by molar-refractivity contribution is -0.148. The Hall–Kier alpha value is -2.91. The number of carbonyl (C=O) groups is 2. The molecule has 7 N–H and O–H groups in total. The van der Waals surface area contributed by atoms with Crippen molar-refractivity contribution in [1.29, 1.82) is 0 Å². The number of nitrogens with two attached hydrogens (primary N) is 1. The summed E-state index contributed by atoms with van der Waals surface area (Å²) >= 11 is 0. The number of amides is 2. The lowest BCUT2D eigenvalue weighted by atomic mass is 10.0. The van der Waals surface area contributed by atoms with E-state index >= 15 is 0 Å². The van der Waals surface area contributed by atoms with Crippen LogP contribution in [0.3, 0.4) is 0 Å². The topological polar surface area (TPSA) is 173 Å². The van der Waals surface area contributed by atoms with E-state index in [0.717, 1.165) is 4.90 Å². The Morgan fingerprint density at radius 2 is 1.52 bits per heavy atom. The zero-order valence-corrected chi connectivity index (χ0v) is 15.9. The number of phenols is 2. The van der Waals surface area contributed by atoms with Crippen LogP contribution >= 0.6 is 7.60 Å². The number of likely N-dealkylation sites (tertiary alicyclic amines) is 1. The van der Waals surface area contributed by atoms with E-state index < -0.39 is 37.3 Å². The van der Waals surface area contributed by atoms with Crippen molar-refractivity contribution in [2.24, 2.45) is 5.73 Å². The van der Waals surface area contributed by atoms with Crippen LogP contribution in [0.2, 0.25) is 0 Å². The molecule has 0 bridgehead atoms. The Kier molecular flexibility index (Phi) is 5.63. The van der Waals surface area contributed by atoms with Gasteiger partial charge in [-0.2, -0.15) is 0 Å². The third-order valence-electron chi connectivity index (χ3n) is 4.62. The third-order valence-corrected chi connectivity index (χ3v) is 5.83. The summed E-state index contributed by atoms with van der Waals surface area (Å²) in [6, 6.07) is 8.83. The monoisotopic (exact) mass is 421 g/mol. The summed E-state index contributed by atoms with van der Waals surface area (Å²) in [5, 5.41) is 21.1. The lowest BCUT2D eigenvalue weighted by Crippen LogP contribution is -2.65. The highest BCUT2D eigenvalue weighted by Gasteiger charge is 2.48. The molecule has 154 valence electrons. The average molecular weight is 421 g/mol. The number of phenolic OH excluding ortho intramolecular Hbond substituents is 2. The van der Waals surface area contributed by atoms with E-state index in [9.17, 15) is 34.2 Å². The van der Waals surface area contributed by atoms with Gasteiger partial charge in [-0.25, -0.2) is 0 Å². The van der Waals surface area contributed by atoms with E-state index in [2.05, 4.69) is 5.32 Å². The van der Waals surface area contributed by atoms with Crippen LogP contribution in [0.1, 0.15) is 23.0 Å². The van der Waals surface area contributed by atoms with Crippen molar-refractivity contribution in [3.8, 4) is 11.5 Å². The maximum Gasteiger partial charge on any atom is 0.352 e. The summed E-state index contributed by atoms with van der Waals surface area (Å²) in [4.78, 5) is 45.2. The lowest BCUT2D eigenvalue weighted by Gasteiger charge is -2.43. The van der Waals surface area contributed by atoms with Gasteiger partial charge in [-0.3, -0.25) is 14.2 Å². The molecule has 0 saturated carbocycles. The van der Waals surface area contributed by atoms with Crippen LogP contribution in [0.25, 0.3) is 0 Å². The normalized spacial score (nSPS) is 18.7. The number of β-lactam (4-membered cyclic amide) rings is 1.